The number of aryl methyl sites for hydroxylation is 2. The van der Waals surface area contributed by atoms with Crippen molar-refractivity contribution in [1.29, 1.82) is 0 Å². The molecule has 1 aromatic carbocycles. The van der Waals surface area contributed by atoms with Crippen molar-refractivity contribution in [3.05, 3.63) is 29.3 Å². The van der Waals surface area contributed by atoms with E-state index in [2.05, 4.69) is 30.1 Å². The predicted molar refractivity (Wildman–Crippen MR) is 74.6 cm³/mol. The van der Waals surface area contributed by atoms with Crippen LogP contribution >= 0.6 is 0 Å². The first-order valence-corrected chi connectivity index (χ1v) is 6.84. The average molecular weight is 232 g/mol. The Labute approximate surface area is 105 Å². The third-order valence-corrected chi connectivity index (χ3v) is 3.72. The Kier molecular flexibility index (Phi) is 4.43. The van der Waals surface area contributed by atoms with E-state index in [9.17, 15) is 0 Å². The van der Waals surface area contributed by atoms with E-state index in [1.165, 1.54) is 37.8 Å². The highest BCUT2D eigenvalue weighted by atomic mass is 15.1. The largest absolute Gasteiger partial charge is 0.375 e. The third kappa shape index (κ3) is 3.22. The molecule has 0 radical (unpaired) electrons. The van der Waals surface area contributed by atoms with Crippen molar-refractivity contribution in [2.45, 2.75) is 38.5 Å². The topological polar surface area (TPSA) is 29.3 Å². The Morgan fingerprint density at radius 2 is 1.88 bits per heavy atom. The van der Waals surface area contributed by atoms with Gasteiger partial charge in [-0.15, -0.1) is 0 Å². The number of benzene rings is 1. The third-order valence-electron chi connectivity index (χ3n) is 3.72. The highest BCUT2D eigenvalue weighted by molar-refractivity contribution is 5.51. The van der Waals surface area contributed by atoms with Gasteiger partial charge in [-0.3, -0.25) is 0 Å². The predicted octanol–water partition coefficient (Wildman–Crippen LogP) is 2.74. The summed E-state index contributed by atoms with van der Waals surface area (Å²) < 4.78 is 0. The van der Waals surface area contributed by atoms with Gasteiger partial charge in [0.1, 0.15) is 0 Å². The van der Waals surface area contributed by atoms with Crippen LogP contribution in [0.3, 0.4) is 0 Å². The Hall–Kier alpha value is -1.02. The highest BCUT2D eigenvalue weighted by Gasteiger charge is 2.10. The number of anilines is 1. The number of nitrogens with zero attached hydrogens (tertiary/aromatic N) is 1. The summed E-state index contributed by atoms with van der Waals surface area (Å²) in [5, 5.41) is 0. The fourth-order valence-corrected chi connectivity index (χ4v) is 2.58. The molecule has 0 heterocycles. The van der Waals surface area contributed by atoms with Gasteiger partial charge >= 0.3 is 0 Å². The molecule has 0 atom stereocenters. The number of rotatable bonds is 5. The van der Waals surface area contributed by atoms with E-state index in [1.807, 2.05) is 0 Å². The lowest BCUT2D eigenvalue weighted by atomic mass is 9.91. The number of hydrogen-bond acceptors (Lipinski definition) is 2. The van der Waals surface area contributed by atoms with Gasteiger partial charge in [-0.1, -0.05) is 6.07 Å². The van der Waals surface area contributed by atoms with E-state index in [4.69, 9.17) is 5.73 Å². The second-order valence-electron chi connectivity index (χ2n) is 5.08. The molecule has 17 heavy (non-hydrogen) atoms. The summed E-state index contributed by atoms with van der Waals surface area (Å²) in [5.74, 6) is 0. The van der Waals surface area contributed by atoms with E-state index in [0.717, 1.165) is 19.5 Å². The maximum Gasteiger partial charge on any atom is 0.0366 e. The van der Waals surface area contributed by atoms with Crippen LogP contribution in [0.15, 0.2) is 18.2 Å². The van der Waals surface area contributed by atoms with Gasteiger partial charge in [-0.25, -0.2) is 0 Å². The van der Waals surface area contributed by atoms with E-state index in [1.54, 1.807) is 11.1 Å². The summed E-state index contributed by atoms with van der Waals surface area (Å²) in [6.45, 7) is 1.91. The summed E-state index contributed by atoms with van der Waals surface area (Å²) in [6.07, 6.45) is 7.55. The van der Waals surface area contributed by atoms with Crippen molar-refractivity contribution in [2.24, 2.45) is 5.73 Å². The molecule has 0 saturated heterocycles. The van der Waals surface area contributed by atoms with Crippen LogP contribution in [0.1, 0.15) is 36.8 Å². The molecule has 0 unspecified atom stereocenters. The van der Waals surface area contributed by atoms with Crippen LogP contribution in [0.5, 0.6) is 0 Å². The smallest absolute Gasteiger partial charge is 0.0366 e. The standard InChI is InChI=1S/C15H24N2/c1-17(11-5-4-10-16)15-9-8-13-6-2-3-7-14(13)12-15/h8-9,12H,2-7,10-11,16H2,1H3. The summed E-state index contributed by atoms with van der Waals surface area (Å²) in [5.41, 5.74) is 10.0. The number of hydrogen-bond donors (Lipinski definition) is 1. The molecule has 1 aliphatic rings. The average Bonchev–Trinajstić information content (AvgIpc) is 2.38. The molecule has 2 nitrogen and oxygen atoms in total. The molecule has 0 spiro atoms. The number of fused-ring (bicyclic) bond motifs is 1. The highest BCUT2D eigenvalue weighted by Crippen LogP contribution is 2.25. The first-order chi connectivity index (χ1) is 8.31. The molecule has 1 aliphatic carbocycles. The van der Waals surface area contributed by atoms with Crippen LogP contribution < -0.4 is 10.6 Å². The minimum atomic E-state index is 0.804. The molecule has 2 heteroatoms. The van der Waals surface area contributed by atoms with Crippen molar-refractivity contribution in [3.63, 3.8) is 0 Å². The molecular weight excluding hydrogens is 208 g/mol. The van der Waals surface area contributed by atoms with Gasteiger partial charge in [-0.2, -0.15) is 0 Å². The zero-order valence-electron chi connectivity index (χ0n) is 10.9. The Balaban J connectivity index is 2.00. The lowest BCUT2D eigenvalue weighted by molar-refractivity contribution is 0.684. The fraction of sp³-hybridized carbons (Fsp3) is 0.600. The Morgan fingerprint density at radius 1 is 1.12 bits per heavy atom. The van der Waals surface area contributed by atoms with E-state index in [0.29, 0.717) is 0 Å². The summed E-state index contributed by atoms with van der Waals surface area (Å²) >= 11 is 0. The van der Waals surface area contributed by atoms with E-state index in [-0.39, 0.29) is 0 Å². The summed E-state index contributed by atoms with van der Waals surface area (Å²) in [4.78, 5) is 2.35. The van der Waals surface area contributed by atoms with Crippen LogP contribution in [-0.2, 0) is 12.8 Å². The first kappa shape index (κ1) is 12.4. The number of nitrogens with two attached hydrogens (primary N) is 1. The molecule has 94 valence electrons. The SMILES string of the molecule is CN(CCCCN)c1ccc2c(c1)CCCC2. The van der Waals surface area contributed by atoms with Crippen LogP contribution in [0, 0.1) is 0 Å². The summed E-state index contributed by atoms with van der Waals surface area (Å²) in [6, 6.07) is 6.98. The van der Waals surface area contributed by atoms with Crippen LogP contribution in [0.2, 0.25) is 0 Å². The van der Waals surface area contributed by atoms with Crippen molar-refractivity contribution < 1.29 is 0 Å². The second-order valence-corrected chi connectivity index (χ2v) is 5.08. The van der Waals surface area contributed by atoms with Crippen molar-refractivity contribution >= 4 is 5.69 Å². The first-order valence-electron chi connectivity index (χ1n) is 6.84. The lowest BCUT2D eigenvalue weighted by Gasteiger charge is -2.23. The van der Waals surface area contributed by atoms with Gasteiger partial charge < -0.3 is 10.6 Å². The molecule has 1 aromatic rings. The number of unbranched alkanes of at least 4 members (excludes halogenated alkanes) is 1. The zero-order chi connectivity index (χ0) is 12.1. The molecule has 0 aromatic heterocycles. The minimum absolute atomic E-state index is 0.804. The Morgan fingerprint density at radius 3 is 2.65 bits per heavy atom. The van der Waals surface area contributed by atoms with Gasteiger partial charge in [0.2, 0.25) is 0 Å². The molecule has 2 N–H and O–H groups in total. The van der Waals surface area contributed by atoms with Crippen molar-refractivity contribution in [1.82, 2.24) is 0 Å². The molecule has 0 aliphatic heterocycles. The van der Waals surface area contributed by atoms with Crippen LogP contribution in [0.4, 0.5) is 5.69 Å². The Bertz CT molecular complexity index is 360. The molecular formula is C15H24N2. The fourth-order valence-electron chi connectivity index (χ4n) is 2.58. The maximum atomic E-state index is 5.53. The van der Waals surface area contributed by atoms with Crippen LogP contribution in [-0.4, -0.2) is 20.1 Å². The lowest BCUT2D eigenvalue weighted by Crippen LogP contribution is -2.20. The summed E-state index contributed by atoms with van der Waals surface area (Å²) in [7, 11) is 2.18. The van der Waals surface area contributed by atoms with Crippen molar-refractivity contribution in [3.8, 4) is 0 Å². The zero-order valence-corrected chi connectivity index (χ0v) is 10.9. The van der Waals surface area contributed by atoms with Gasteiger partial charge in [0.25, 0.3) is 0 Å². The quantitative estimate of drug-likeness (QED) is 0.791. The van der Waals surface area contributed by atoms with Gasteiger partial charge in [0.15, 0.2) is 0 Å². The molecule has 2 rings (SSSR count). The van der Waals surface area contributed by atoms with E-state index < -0.39 is 0 Å². The molecule has 0 bridgehead atoms. The molecule has 0 amide bonds. The van der Waals surface area contributed by atoms with Gasteiger partial charge in [0, 0.05) is 19.3 Å². The van der Waals surface area contributed by atoms with Gasteiger partial charge in [0.05, 0.1) is 0 Å². The monoisotopic (exact) mass is 232 g/mol. The van der Waals surface area contributed by atoms with Crippen molar-refractivity contribution in [2.75, 3.05) is 25.0 Å². The van der Waals surface area contributed by atoms with Crippen LogP contribution in [0.25, 0.3) is 0 Å². The maximum absolute atomic E-state index is 5.53. The molecule has 0 saturated carbocycles. The minimum Gasteiger partial charge on any atom is -0.375 e. The normalized spacial score (nSPS) is 14.5. The van der Waals surface area contributed by atoms with Gasteiger partial charge in [-0.05, 0) is 68.3 Å². The van der Waals surface area contributed by atoms with E-state index >= 15 is 0 Å². The second kappa shape index (κ2) is 6.06. The molecule has 0 fully saturated rings.